The van der Waals surface area contributed by atoms with Crippen molar-refractivity contribution in [1.82, 2.24) is 14.8 Å². The van der Waals surface area contributed by atoms with Crippen LogP contribution < -0.4 is 5.32 Å². The third-order valence-electron chi connectivity index (χ3n) is 4.44. The lowest BCUT2D eigenvalue weighted by molar-refractivity contribution is 0.147. The van der Waals surface area contributed by atoms with Gasteiger partial charge < -0.3 is 14.6 Å². The molecule has 2 aromatic rings. The third-order valence-corrected chi connectivity index (χ3v) is 4.44. The molecule has 21 heavy (non-hydrogen) atoms. The maximum absolute atomic E-state index is 5.19. The van der Waals surface area contributed by atoms with E-state index < -0.39 is 0 Å². The summed E-state index contributed by atoms with van der Waals surface area (Å²) < 4.78 is 7.46. The lowest BCUT2D eigenvalue weighted by atomic mass is 10.0. The monoisotopic (exact) mass is 287 g/mol. The van der Waals surface area contributed by atoms with E-state index in [0.717, 1.165) is 39.2 Å². The molecular weight excluding hydrogens is 262 g/mol. The largest absolute Gasteiger partial charge is 0.383 e. The predicted octanol–water partition coefficient (Wildman–Crippen LogP) is 1.90. The molecule has 1 aliphatic heterocycles. The smallest absolute Gasteiger partial charge is 0.0589 e. The van der Waals surface area contributed by atoms with Crippen molar-refractivity contribution < 1.29 is 4.74 Å². The number of fused-ring (bicyclic) bond motifs is 2. The van der Waals surface area contributed by atoms with E-state index in [4.69, 9.17) is 4.74 Å². The number of nitrogens with one attached hydrogen (secondary N) is 1. The fraction of sp³-hybridized carbons (Fsp3) is 0.529. The van der Waals surface area contributed by atoms with Crippen LogP contribution in [0.25, 0.3) is 10.9 Å². The number of ether oxygens (including phenoxy) is 1. The lowest BCUT2D eigenvalue weighted by Gasteiger charge is -2.13. The van der Waals surface area contributed by atoms with Gasteiger partial charge in [-0.3, -0.25) is 4.90 Å². The van der Waals surface area contributed by atoms with Gasteiger partial charge in [0.05, 0.1) is 6.61 Å². The molecule has 0 saturated carbocycles. The summed E-state index contributed by atoms with van der Waals surface area (Å²) in [5.74, 6) is 0. The number of hydrogen-bond donors (Lipinski definition) is 1. The van der Waals surface area contributed by atoms with Crippen LogP contribution in [-0.4, -0.2) is 43.3 Å². The first-order valence-electron chi connectivity index (χ1n) is 7.68. The van der Waals surface area contributed by atoms with Gasteiger partial charge in [0.2, 0.25) is 0 Å². The Morgan fingerprint density at radius 2 is 2.00 bits per heavy atom. The van der Waals surface area contributed by atoms with Crippen molar-refractivity contribution in [2.24, 2.45) is 7.05 Å². The molecule has 0 bridgehead atoms. The van der Waals surface area contributed by atoms with E-state index >= 15 is 0 Å². The summed E-state index contributed by atoms with van der Waals surface area (Å²) in [5, 5.41) is 4.66. The first-order chi connectivity index (χ1) is 10.2. The van der Waals surface area contributed by atoms with Crippen molar-refractivity contribution >= 4 is 10.9 Å². The van der Waals surface area contributed by atoms with Crippen molar-refractivity contribution in [3.05, 3.63) is 35.0 Å². The summed E-state index contributed by atoms with van der Waals surface area (Å²) in [7, 11) is 5.93. The number of aryl methyl sites for hydroxylation is 1. The lowest BCUT2D eigenvalue weighted by Crippen LogP contribution is -2.21. The van der Waals surface area contributed by atoms with Crippen LogP contribution in [0, 0.1) is 0 Å². The summed E-state index contributed by atoms with van der Waals surface area (Å²) in [6, 6.07) is 4.78. The SMILES string of the molecule is CNCCc1cn(C)c2cc3c(cc12)CN(CCOC)C3. The molecule has 0 radical (unpaired) electrons. The van der Waals surface area contributed by atoms with Gasteiger partial charge in [-0.1, -0.05) is 0 Å². The molecule has 2 heterocycles. The normalized spacial score (nSPS) is 15.0. The second-order valence-corrected chi connectivity index (χ2v) is 5.96. The van der Waals surface area contributed by atoms with Crippen molar-refractivity contribution in [1.29, 1.82) is 0 Å². The molecule has 0 aliphatic carbocycles. The molecule has 114 valence electrons. The Hall–Kier alpha value is -1.36. The Kier molecular flexibility index (Phi) is 4.29. The van der Waals surface area contributed by atoms with Crippen molar-refractivity contribution in [2.75, 3.05) is 33.9 Å². The molecule has 0 unspecified atom stereocenters. The minimum Gasteiger partial charge on any atom is -0.383 e. The minimum atomic E-state index is 0.806. The first-order valence-corrected chi connectivity index (χ1v) is 7.68. The quantitative estimate of drug-likeness (QED) is 0.880. The standard InChI is InChI=1S/C17H25N3O/c1-18-5-4-13-10-19(2)17-9-15-12-20(6-7-21-3)11-14(15)8-16(13)17/h8-10,18H,4-7,11-12H2,1-3H3. The molecular formula is C17H25N3O. The number of aromatic nitrogens is 1. The Morgan fingerprint density at radius 3 is 2.71 bits per heavy atom. The molecule has 0 spiro atoms. The average Bonchev–Trinajstić information content (AvgIpc) is 3.02. The van der Waals surface area contributed by atoms with E-state index in [1.54, 1.807) is 7.11 Å². The van der Waals surface area contributed by atoms with Crippen LogP contribution in [0.3, 0.4) is 0 Å². The van der Waals surface area contributed by atoms with Crippen LogP contribution in [0.1, 0.15) is 16.7 Å². The maximum atomic E-state index is 5.19. The second-order valence-electron chi connectivity index (χ2n) is 5.96. The molecule has 0 amide bonds. The van der Waals surface area contributed by atoms with Gasteiger partial charge in [0.25, 0.3) is 0 Å². The van der Waals surface area contributed by atoms with E-state index in [0.29, 0.717) is 0 Å². The Labute approximate surface area is 126 Å². The van der Waals surface area contributed by atoms with Crippen LogP contribution in [0.15, 0.2) is 18.3 Å². The van der Waals surface area contributed by atoms with Crippen LogP contribution in [-0.2, 0) is 31.3 Å². The van der Waals surface area contributed by atoms with E-state index in [-0.39, 0.29) is 0 Å². The van der Waals surface area contributed by atoms with Gasteiger partial charge in [-0.05, 0) is 48.8 Å². The molecule has 4 heteroatoms. The number of rotatable bonds is 6. The summed E-state index contributed by atoms with van der Waals surface area (Å²) in [5.41, 5.74) is 5.75. The van der Waals surface area contributed by atoms with Gasteiger partial charge in [0.1, 0.15) is 0 Å². The Balaban J connectivity index is 1.89. The average molecular weight is 287 g/mol. The van der Waals surface area contributed by atoms with Gasteiger partial charge in [0.15, 0.2) is 0 Å². The summed E-state index contributed by atoms with van der Waals surface area (Å²) in [4.78, 5) is 2.46. The highest BCUT2D eigenvalue weighted by atomic mass is 16.5. The van der Waals surface area contributed by atoms with Crippen molar-refractivity contribution in [2.45, 2.75) is 19.5 Å². The molecule has 1 aliphatic rings. The maximum Gasteiger partial charge on any atom is 0.0589 e. The number of hydrogen-bond acceptors (Lipinski definition) is 3. The Morgan fingerprint density at radius 1 is 1.24 bits per heavy atom. The van der Waals surface area contributed by atoms with Crippen LogP contribution in [0.4, 0.5) is 0 Å². The number of likely N-dealkylation sites (N-methyl/N-ethyl adjacent to an activating group) is 1. The van der Waals surface area contributed by atoms with Gasteiger partial charge in [-0.25, -0.2) is 0 Å². The van der Waals surface area contributed by atoms with Gasteiger partial charge in [0, 0.05) is 50.9 Å². The molecule has 1 aromatic carbocycles. The third kappa shape index (κ3) is 2.84. The van der Waals surface area contributed by atoms with E-state index in [1.165, 1.54) is 27.6 Å². The van der Waals surface area contributed by atoms with Crippen LogP contribution in [0.5, 0.6) is 0 Å². The van der Waals surface area contributed by atoms with Gasteiger partial charge in [-0.15, -0.1) is 0 Å². The number of methoxy groups -OCH3 is 1. The van der Waals surface area contributed by atoms with E-state index in [1.807, 2.05) is 7.05 Å². The van der Waals surface area contributed by atoms with Crippen LogP contribution in [0.2, 0.25) is 0 Å². The zero-order valence-electron chi connectivity index (χ0n) is 13.3. The van der Waals surface area contributed by atoms with Crippen molar-refractivity contribution in [3.63, 3.8) is 0 Å². The Bertz CT molecular complexity index is 632. The highest BCUT2D eigenvalue weighted by molar-refractivity contribution is 5.85. The fourth-order valence-electron chi connectivity index (χ4n) is 3.27. The molecule has 0 saturated heterocycles. The topological polar surface area (TPSA) is 29.4 Å². The zero-order chi connectivity index (χ0) is 14.8. The van der Waals surface area contributed by atoms with Crippen LogP contribution >= 0.6 is 0 Å². The molecule has 0 fully saturated rings. The fourth-order valence-corrected chi connectivity index (χ4v) is 3.27. The second kappa shape index (κ2) is 6.18. The van der Waals surface area contributed by atoms with Gasteiger partial charge >= 0.3 is 0 Å². The summed E-state index contributed by atoms with van der Waals surface area (Å²) in [6.45, 7) is 4.94. The molecule has 4 nitrogen and oxygen atoms in total. The van der Waals surface area contributed by atoms with E-state index in [9.17, 15) is 0 Å². The molecule has 1 aromatic heterocycles. The summed E-state index contributed by atoms with van der Waals surface area (Å²) in [6.07, 6.45) is 3.36. The highest BCUT2D eigenvalue weighted by Gasteiger charge is 2.20. The highest BCUT2D eigenvalue weighted by Crippen LogP contribution is 2.30. The minimum absolute atomic E-state index is 0.806. The molecule has 1 N–H and O–H groups in total. The molecule has 3 rings (SSSR count). The predicted molar refractivity (Wildman–Crippen MR) is 86.5 cm³/mol. The first kappa shape index (κ1) is 14.6. The van der Waals surface area contributed by atoms with Crippen molar-refractivity contribution in [3.8, 4) is 0 Å². The number of nitrogens with zero attached hydrogens (tertiary/aromatic N) is 2. The van der Waals surface area contributed by atoms with Gasteiger partial charge in [-0.2, -0.15) is 0 Å². The summed E-state index contributed by atoms with van der Waals surface area (Å²) >= 11 is 0. The zero-order valence-corrected chi connectivity index (χ0v) is 13.3. The van der Waals surface area contributed by atoms with E-state index in [2.05, 4.69) is 40.2 Å². The molecule has 0 atom stereocenters. The number of benzene rings is 1.